The molecule has 1 aromatic rings. The quantitative estimate of drug-likeness (QED) is 0.859. The van der Waals surface area contributed by atoms with Gasteiger partial charge in [-0.15, -0.1) is 0 Å². The standard InChI is InChI=1S/C18H28N2O/c1-14(2)20-18(6,13-19)11-12-21-16-9-7-15(8-10-16)17(3,4)5/h7-10,14,20H,11-12H2,1-6H3. The first kappa shape index (κ1) is 17.5. The van der Waals surface area contributed by atoms with E-state index in [1.54, 1.807) is 0 Å². The van der Waals surface area contributed by atoms with Gasteiger partial charge in [-0.1, -0.05) is 32.9 Å². The van der Waals surface area contributed by atoms with E-state index >= 15 is 0 Å². The third-order valence-corrected chi connectivity index (χ3v) is 3.45. The Kier molecular flexibility index (Phi) is 5.80. The number of nitriles is 1. The van der Waals surface area contributed by atoms with Crippen LogP contribution in [0.15, 0.2) is 24.3 Å². The van der Waals surface area contributed by atoms with E-state index in [2.05, 4.69) is 44.3 Å². The molecule has 0 saturated heterocycles. The molecule has 0 heterocycles. The molecule has 116 valence electrons. The molecule has 1 rings (SSSR count). The summed E-state index contributed by atoms with van der Waals surface area (Å²) in [6.07, 6.45) is 0.655. The molecule has 3 heteroatoms. The van der Waals surface area contributed by atoms with E-state index < -0.39 is 5.54 Å². The van der Waals surface area contributed by atoms with Crippen molar-refractivity contribution in [2.24, 2.45) is 0 Å². The van der Waals surface area contributed by atoms with E-state index in [1.165, 1.54) is 5.56 Å². The fraction of sp³-hybridized carbons (Fsp3) is 0.611. The Morgan fingerprint density at radius 2 is 1.71 bits per heavy atom. The molecule has 0 radical (unpaired) electrons. The summed E-state index contributed by atoms with van der Waals surface area (Å²) in [6.45, 7) is 13.1. The van der Waals surface area contributed by atoms with Crippen LogP contribution in [0.1, 0.15) is 53.5 Å². The summed E-state index contributed by atoms with van der Waals surface area (Å²) >= 11 is 0. The highest BCUT2D eigenvalue weighted by molar-refractivity contribution is 5.31. The lowest BCUT2D eigenvalue weighted by atomic mass is 9.87. The smallest absolute Gasteiger partial charge is 0.119 e. The largest absolute Gasteiger partial charge is 0.493 e. The van der Waals surface area contributed by atoms with E-state index in [-0.39, 0.29) is 11.5 Å². The van der Waals surface area contributed by atoms with Crippen molar-refractivity contribution in [2.75, 3.05) is 6.61 Å². The van der Waals surface area contributed by atoms with Gasteiger partial charge in [0.05, 0.1) is 12.7 Å². The van der Waals surface area contributed by atoms with E-state index in [0.717, 1.165) is 5.75 Å². The molecule has 0 aliphatic rings. The zero-order valence-corrected chi connectivity index (χ0v) is 14.2. The van der Waals surface area contributed by atoms with E-state index in [4.69, 9.17) is 4.74 Å². The summed E-state index contributed by atoms with van der Waals surface area (Å²) in [4.78, 5) is 0. The second-order valence-electron chi connectivity index (χ2n) is 7.12. The summed E-state index contributed by atoms with van der Waals surface area (Å²) in [5.41, 5.74) is 0.900. The predicted molar refractivity (Wildman–Crippen MR) is 87.5 cm³/mol. The van der Waals surface area contributed by atoms with Gasteiger partial charge in [0.15, 0.2) is 0 Å². The lowest BCUT2D eigenvalue weighted by Crippen LogP contribution is -2.45. The van der Waals surface area contributed by atoms with Crippen LogP contribution in [0.4, 0.5) is 0 Å². The van der Waals surface area contributed by atoms with Crippen molar-refractivity contribution in [3.8, 4) is 11.8 Å². The Labute approximate surface area is 129 Å². The van der Waals surface area contributed by atoms with Gasteiger partial charge in [0, 0.05) is 12.5 Å². The lowest BCUT2D eigenvalue weighted by Gasteiger charge is -2.25. The molecular weight excluding hydrogens is 260 g/mol. The number of benzene rings is 1. The third-order valence-electron chi connectivity index (χ3n) is 3.45. The molecule has 21 heavy (non-hydrogen) atoms. The molecule has 1 atom stereocenters. The first-order chi connectivity index (χ1) is 9.66. The van der Waals surface area contributed by atoms with E-state index in [1.807, 2.05) is 32.9 Å². The van der Waals surface area contributed by atoms with Crippen molar-refractivity contribution in [2.45, 2.75) is 65.0 Å². The van der Waals surface area contributed by atoms with Gasteiger partial charge in [-0.25, -0.2) is 0 Å². The molecule has 1 N–H and O–H groups in total. The number of rotatable bonds is 6. The zero-order valence-electron chi connectivity index (χ0n) is 14.2. The number of nitrogens with zero attached hydrogens (tertiary/aromatic N) is 1. The molecule has 0 aliphatic heterocycles. The highest BCUT2D eigenvalue weighted by Crippen LogP contribution is 2.24. The van der Waals surface area contributed by atoms with Crippen molar-refractivity contribution in [1.29, 1.82) is 5.26 Å². The molecule has 0 spiro atoms. The minimum absolute atomic E-state index is 0.152. The van der Waals surface area contributed by atoms with Crippen molar-refractivity contribution in [1.82, 2.24) is 5.32 Å². The SMILES string of the molecule is CC(C)NC(C)(C#N)CCOc1ccc(C(C)(C)C)cc1. The lowest BCUT2D eigenvalue weighted by molar-refractivity contribution is 0.260. The van der Waals surface area contributed by atoms with Gasteiger partial charge in [-0.3, -0.25) is 5.32 Å². The van der Waals surface area contributed by atoms with Crippen LogP contribution >= 0.6 is 0 Å². The summed E-state index contributed by atoms with van der Waals surface area (Å²) in [5, 5.41) is 12.6. The first-order valence-corrected chi connectivity index (χ1v) is 7.58. The average molecular weight is 288 g/mol. The minimum atomic E-state index is -0.542. The molecule has 0 fully saturated rings. The predicted octanol–water partition coefficient (Wildman–Crippen LogP) is 4.03. The third kappa shape index (κ3) is 5.77. The second-order valence-corrected chi connectivity index (χ2v) is 7.12. The van der Waals surface area contributed by atoms with Gasteiger partial charge in [-0.05, 0) is 43.9 Å². The Bertz CT molecular complexity index is 479. The van der Waals surface area contributed by atoms with Crippen LogP contribution in [0, 0.1) is 11.3 Å². The Morgan fingerprint density at radius 3 is 2.14 bits per heavy atom. The van der Waals surface area contributed by atoms with Gasteiger partial charge in [-0.2, -0.15) is 5.26 Å². The maximum Gasteiger partial charge on any atom is 0.119 e. The van der Waals surface area contributed by atoms with E-state index in [9.17, 15) is 5.26 Å². The van der Waals surface area contributed by atoms with Crippen LogP contribution in [-0.2, 0) is 5.41 Å². The van der Waals surface area contributed by atoms with Crippen molar-refractivity contribution in [3.05, 3.63) is 29.8 Å². The summed E-state index contributed by atoms with van der Waals surface area (Å²) < 4.78 is 5.76. The van der Waals surface area contributed by atoms with Crippen LogP contribution in [0.3, 0.4) is 0 Å². The topological polar surface area (TPSA) is 45.0 Å². The fourth-order valence-corrected chi connectivity index (χ4v) is 2.22. The van der Waals surface area contributed by atoms with E-state index in [0.29, 0.717) is 13.0 Å². The molecule has 0 aromatic heterocycles. The first-order valence-electron chi connectivity index (χ1n) is 7.58. The van der Waals surface area contributed by atoms with Gasteiger partial charge < -0.3 is 4.74 Å². The molecule has 0 amide bonds. The summed E-state index contributed by atoms with van der Waals surface area (Å²) in [6, 6.07) is 10.8. The second kappa shape index (κ2) is 6.95. The Balaban J connectivity index is 2.54. The number of ether oxygens (including phenoxy) is 1. The molecular formula is C18H28N2O. The van der Waals surface area contributed by atoms with Crippen LogP contribution in [0.2, 0.25) is 0 Å². The van der Waals surface area contributed by atoms with Gasteiger partial charge in [0.2, 0.25) is 0 Å². The highest BCUT2D eigenvalue weighted by Gasteiger charge is 2.24. The summed E-state index contributed by atoms with van der Waals surface area (Å²) in [7, 11) is 0. The molecule has 0 aliphatic carbocycles. The number of nitrogens with one attached hydrogen (secondary N) is 1. The molecule has 0 bridgehead atoms. The Hall–Kier alpha value is -1.53. The van der Waals surface area contributed by atoms with Crippen LogP contribution < -0.4 is 10.1 Å². The number of hydrogen-bond acceptors (Lipinski definition) is 3. The minimum Gasteiger partial charge on any atom is -0.493 e. The maximum absolute atomic E-state index is 9.29. The molecule has 1 aromatic carbocycles. The van der Waals surface area contributed by atoms with Crippen LogP contribution in [0.25, 0.3) is 0 Å². The van der Waals surface area contributed by atoms with Crippen LogP contribution in [-0.4, -0.2) is 18.2 Å². The van der Waals surface area contributed by atoms with Gasteiger partial charge in [0.25, 0.3) is 0 Å². The fourth-order valence-electron chi connectivity index (χ4n) is 2.22. The van der Waals surface area contributed by atoms with Crippen molar-refractivity contribution in [3.63, 3.8) is 0 Å². The summed E-state index contributed by atoms with van der Waals surface area (Å²) in [5.74, 6) is 0.854. The molecule has 1 unspecified atom stereocenters. The number of hydrogen-bond donors (Lipinski definition) is 1. The normalized spacial score (nSPS) is 14.6. The monoisotopic (exact) mass is 288 g/mol. The molecule has 3 nitrogen and oxygen atoms in total. The zero-order chi connectivity index (χ0) is 16.1. The van der Waals surface area contributed by atoms with Gasteiger partial charge >= 0.3 is 0 Å². The van der Waals surface area contributed by atoms with Crippen molar-refractivity contribution < 1.29 is 4.74 Å². The highest BCUT2D eigenvalue weighted by atomic mass is 16.5. The molecule has 0 saturated carbocycles. The van der Waals surface area contributed by atoms with Crippen LogP contribution in [0.5, 0.6) is 5.75 Å². The Morgan fingerprint density at radius 1 is 1.14 bits per heavy atom. The maximum atomic E-state index is 9.29. The average Bonchev–Trinajstić information content (AvgIpc) is 2.37. The van der Waals surface area contributed by atoms with Crippen molar-refractivity contribution >= 4 is 0 Å². The van der Waals surface area contributed by atoms with Gasteiger partial charge in [0.1, 0.15) is 11.3 Å².